The summed E-state index contributed by atoms with van der Waals surface area (Å²) in [5.41, 5.74) is 1.59. The van der Waals surface area contributed by atoms with E-state index in [-0.39, 0.29) is 11.0 Å². The Morgan fingerprint density at radius 2 is 1.83 bits per heavy atom. The Hall–Kier alpha value is -0.280. The number of likely N-dealkylation sites (tertiary alicyclic amines) is 1. The normalized spacial score (nSPS) is 35.6. The van der Waals surface area contributed by atoms with Crippen LogP contribution < -0.4 is 0 Å². The molecule has 4 heteroatoms. The number of hydrogen-bond donors (Lipinski definition) is 0. The Balaban J connectivity index is 1.96. The summed E-state index contributed by atoms with van der Waals surface area (Å²) in [6, 6.07) is 6.27. The number of benzene rings is 1. The summed E-state index contributed by atoms with van der Waals surface area (Å²) in [6.45, 7) is 4.60. The molecule has 1 aliphatic heterocycles. The molecule has 128 valence electrons. The molecule has 0 unspecified atom stereocenters. The second-order valence-electron chi connectivity index (χ2n) is 7.69. The van der Waals surface area contributed by atoms with Crippen molar-refractivity contribution in [2.45, 2.75) is 50.0 Å². The molecule has 2 aliphatic rings. The van der Waals surface area contributed by atoms with Crippen LogP contribution in [0.2, 0.25) is 10.0 Å². The van der Waals surface area contributed by atoms with Gasteiger partial charge in [-0.1, -0.05) is 29.3 Å². The van der Waals surface area contributed by atoms with Crippen molar-refractivity contribution < 1.29 is 4.74 Å². The van der Waals surface area contributed by atoms with Crippen molar-refractivity contribution >= 4 is 23.2 Å². The summed E-state index contributed by atoms with van der Waals surface area (Å²) in [5, 5.41) is 1.32. The van der Waals surface area contributed by atoms with Crippen LogP contribution in [0.3, 0.4) is 0 Å². The molecule has 0 aromatic heterocycles. The Kier molecular flexibility index (Phi) is 5.00. The first-order chi connectivity index (χ1) is 10.9. The van der Waals surface area contributed by atoms with E-state index in [9.17, 15) is 0 Å². The SMILES string of the molecule is CO[C@]1(C)CC[C@@](c2ccc(Cl)c(Cl)c2)([C@H]2CCN(C)C2)CC1. The maximum atomic E-state index is 6.35. The number of rotatable bonds is 3. The molecule has 2 fully saturated rings. The second-order valence-corrected chi connectivity index (χ2v) is 8.50. The number of ether oxygens (including phenoxy) is 1. The van der Waals surface area contributed by atoms with E-state index in [0.717, 1.165) is 25.7 Å². The zero-order valence-corrected chi connectivity index (χ0v) is 15.9. The minimum absolute atomic E-state index is 0.0181. The molecule has 1 saturated heterocycles. The molecule has 1 aromatic carbocycles. The number of methoxy groups -OCH3 is 1. The van der Waals surface area contributed by atoms with Crippen LogP contribution in [0.15, 0.2) is 18.2 Å². The van der Waals surface area contributed by atoms with E-state index >= 15 is 0 Å². The average Bonchev–Trinajstić information content (AvgIpc) is 2.98. The second kappa shape index (κ2) is 6.55. The van der Waals surface area contributed by atoms with Crippen LogP contribution in [0.25, 0.3) is 0 Å². The topological polar surface area (TPSA) is 12.5 Å². The van der Waals surface area contributed by atoms with Crippen LogP contribution in [0, 0.1) is 5.92 Å². The van der Waals surface area contributed by atoms with Gasteiger partial charge < -0.3 is 9.64 Å². The maximum absolute atomic E-state index is 6.35. The largest absolute Gasteiger partial charge is 0.379 e. The third kappa shape index (κ3) is 3.28. The molecule has 1 heterocycles. The van der Waals surface area contributed by atoms with Crippen LogP contribution in [0.4, 0.5) is 0 Å². The third-order valence-corrected chi connectivity index (χ3v) is 7.10. The van der Waals surface area contributed by atoms with Crippen LogP contribution in [0.1, 0.15) is 44.6 Å². The molecule has 0 N–H and O–H groups in total. The van der Waals surface area contributed by atoms with Crippen LogP contribution in [-0.4, -0.2) is 37.7 Å². The van der Waals surface area contributed by atoms with Crippen molar-refractivity contribution in [2.75, 3.05) is 27.2 Å². The zero-order chi connectivity index (χ0) is 16.7. The highest BCUT2D eigenvalue weighted by Gasteiger charge is 2.47. The highest BCUT2D eigenvalue weighted by Crippen LogP contribution is 2.51. The quantitative estimate of drug-likeness (QED) is 0.742. The summed E-state index contributed by atoms with van der Waals surface area (Å²) in [6.07, 6.45) is 5.79. The summed E-state index contributed by atoms with van der Waals surface area (Å²) >= 11 is 12.5. The molecule has 2 nitrogen and oxygen atoms in total. The number of hydrogen-bond acceptors (Lipinski definition) is 2. The smallest absolute Gasteiger partial charge is 0.0651 e. The molecule has 0 spiro atoms. The van der Waals surface area contributed by atoms with E-state index < -0.39 is 0 Å². The fourth-order valence-corrected chi connectivity index (χ4v) is 4.85. The molecule has 1 saturated carbocycles. The van der Waals surface area contributed by atoms with Crippen molar-refractivity contribution in [2.24, 2.45) is 5.92 Å². The van der Waals surface area contributed by atoms with Gasteiger partial charge in [0, 0.05) is 13.7 Å². The van der Waals surface area contributed by atoms with Crippen molar-refractivity contribution in [3.63, 3.8) is 0 Å². The van der Waals surface area contributed by atoms with Gasteiger partial charge in [0.05, 0.1) is 15.6 Å². The molecule has 0 bridgehead atoms. The number of halogens is 2. The van der Waals surface area contributed by atoms with Crippen molar-refractivity contribution in [3.8, 4) is 0 Å². The van der Waals surface area contributed by atoms with Gasteiger partial charge in [0.15, 0.2) is 0 Å². The van der Waals surface area contributed by atoms with Gasteiger partial charge in [0.25, 0.3) is 0 Å². The highest BCUT2D eigenvalue weighted by atomic mass is 35.5. The van der Waals surface area contributed by atoms with Crippen molar-refractivity contribution in [1.29, 1.82) is 0 Å². The minimum Gasteiger partial charge on any atom is -0.379 e. The van der Waals surface area contributed by atoms with Crippen LogP contribution in [0.5, 0.6) is 0 Å². The van der Waals surface area contributed by atoms with Gasteiger partial charge in [-0.05, 0) is 81.6 Å². The van der Waals surface area contributed by atoms with Gasteiger partial charge in [-0.3, -0.25) is 0 Å². The van der Waals surface area contributed by atoms with Gasteiger partial charge in [-0.25, -0.2) is 0 Å². The van der Waals surface area contributed by atoms with Gasteiger partial charge in [-0.15, -0.1) is 0 Å². The lowest BCUT2D eigenvalue weighted by Crippen LogP contribution is -2.45. The van der Waals surface area contributed by atoms with Gasteiger partial charge in [-0.2, -0.15) is 0 Å². The first-order valence-corrected chi connectivity index (χ1v) is 9.33. The molecule has 1 aromatic rings. The Labute approximate surface area is 150 Å². The first-order valence-electron chi connectivity index (χ1n) is 8.58. The van der Waals surface area contributed by atoms with E-state index in [0.29, 0.717) is 16.0 Å². The van der Waals surface area contributed by atoms with E-state index in [1.165, 1.54) is 25.1 Å². The van der Waals surface area contributed by atoms with Crippen LogP contribution in [-0.2, 0) is 10.2 Å². The molecule has 0 radical (unpaired) electrons. The van der Waals surface area contributed by atoms with Gasteiger partial charge in [0.1, 0.15) is 0 Å². The lowest BCUT2D eigenvalue weighted by molar-refractivity contribution is -0.0471. The molecular weight excluding hydrogens is 329 g/mol. The Bertz CT molecular complexity index is 566. The standard InChI is InChI=1S/C19H27Cl2NO/c1-18(23-3)7-9-19(10-8-18,15-6-11-22(2)13-15)14-4-5-16(20)17(21)12-14/h4-5,12,15H,6-11,13H2,1-3H3/t15-,18-,19-/m0/s1. The highest BCUT2D eigenvalue weighted by molar-refractivity contribution is 6.42. The van der Waals surface area contributed by atoms with Crippen molar-refractivity contribution in [1.82, 2.24) is 4.90 Å². The fourth-order valence-electron chi connectivity index (χ4n) is 4.55. The maximum Gasteiger partial charge on any atom is 0.0651 e. The molecular formula is C19H27Cl2NO. The third-order valence-electron chi connectivity index (χ3n) is 6.36. The van der Waals surface area contributed by atoms with Gasteiger partial charge in [0.2, 0.25) is 0 Å². The van der Waals surface area contributed by atoms with E-state index in [1.807, 2.05) is 13.2 Å². The van der Waals surface area contributed by atoms with E-state index in [4.69, 9.17) is 27.9 Å². The lowest BCUT2D eigenvalue weighted by Gasteiger charge is -2.48. The fraction of sp³-hybridized carbons (Fsp3) is 0.684. The van der Waals surface area contributed by atoms with Crippen molar-refractivity contribution in [3.05, 3.63) is 33.8 Å². The monoisotopic (exact) mass is 355 g/mol. The molecule has 1 atom stereocenters. The van der Waals surface area contributed by atoms with E-state index in [1.54, 1.807) is 0 Å². The van der Waals surface area contributed by atoms with E-state index in [2.05, 4.69) is 31.0 Å². The van der Waals surface area contributed by atoms with Gasteiger partial charge >= 0.3 is 0 Å². The summed E-state index contributed by atoms with van der Waals surface area (Å²) in [5.74, 6) is 0.686. The summed E-state index contributed by atoms with van der Waals surface area (Å²) in [7, 11) is 4.07. The molecule has 23 heavy (non-hydrogen) atoms. The Morgan fingerprint density at radius 1 is 1.13 bits per heavy atom. The molecule has 1 aliphatic carbocycles. The average molecular weight is 356 g/mol. The van der Waals surface area contributed by atoms with Crippen LogP contribution >= 0.6 is 23.2 Å². The Morgan fingerprint density at radius 3 is 2.35 bits per heavy atom. The summed E-state index contributed by atoms with van der Waals surface area (Å²) < 4.78 is 5.78. The predicted octanol–water partition coefficient (Wildman–Crippen LogP) is 5.16. The lowest BCUT2D eigenvalue weighted by atomic mass is 9.59. The zero-order valence-electron chi connectivity index (χ0n) is 14.4. The molecule has 3 rings (SSSR count). The predicted molar refractivity (Wildman–Crippen MR) is 97.6 cm³/mol. The molecule has 0 amide bonds. The first kappa shape index (κ1) is 17.5. The number of nitrogens with zero attached hydrogens (tertiary/aromatic N) is 1. The summed E-state index contributed by atoms with van der Waals surface area (Å²) in [4.78, 5) is 2.45. The minimum atomic E-state index is 0.0181.